The van der Waals surface area contributed by atoms with Crippen LogP contribution in [-0.4, -0.2) is 17.8 Å². The number of aldehydes is 1. The van der Waals surface area contributed by atoms with Gasteiger partial charge in [0.1, 0.15) is 6.29 Å². The molecule has 0 atom stereocenters. The van der Waals surface area contributed by atoms with Gasteiger partial charge in [-0.05, 0) is 17.7 Å². The van der Waals surface area contributed by atoms with Gasteiger partial charge in [0.15, 0.2) is 11.5 Å². The van der Waals surface area contributed by atoms with E-state index in [1.807, 2.05) is 0 Å². The Morgan fingerprint density at radius 2 is 2.07 bits per heavy atom. The molecular weight excluding hydrogens is 213 g/mol. The number of hydrogen-bond acceptors (Lipinski definition) is 3. The lowest BCUT2D eigenvalue weighted by molar-refractivity contribution is -0.275. The first-order chi connectivity index (χ1) is 6.92. The van der Waals surface area contributed by atoms with Crippen LogP contribution in [0.25, 0.3) is 0 Å². The Hall–Kier alpha value is -1.72. The Balaban J connectivity index is 2.95. The third-order valence-corrected chi connectivity index (χ3v) is 1.57. The molecule has 1 aromatic carbocycles. The SMILES string of the molecule is O=CCc1ccc(O)c(OC(F)(F)F)c1. The molecular formula is C9H7F3O3. The normalized spacial score (nSPS) is 11.1. The summed E-state index contributed by atoms with van der Waals surface area (Å²) in [6, 6.07) is 3.35. The molecule has 1 aromatic rings. The molecule has 0 fully saturated rings. The number of rotatable bonds is 3. The maximum atomic E-state index is 11.8. The molecule has 1 N–H and O–H groups in total. The number of carbonyl (C=O) groups is 1. The molecule has 0 bridgehead atoms. The first-order valence-electron chi connectivity index (χ1n) is 3.93. The van der Waals surface area contributed by atoms with Crippen LogP contribution in [0.3, 0.4) is 0 Å². The fourth-order valence-corrected chi connectivity index (χ4v) is 0.988. The van der Waals surface area contributed by atoms with Crippen LogP contribution in [0.1, 0.15) is 5.56 Å². The van der Waals surface area contributed by atoms with Gasteiger partial charge < -0.3 is 14.6 Å². The Kier molecular flexibility index (Phi) is 3.18. The van der Waals surface area contributed by atoms with Gasteiger partial charge in [0, 0.05) is 6.42 Å². The summed E-state index contributed by atoms with van der Waals surface area (Å²) < 4.78 is 39.1. The molecule has 0 saturated carbocycles. The van der Waals surface area contributed by atoms with Gasteiger partial charge in [-0.1, -0.05) is 6.07 Å². The maximum Gasteiger partial charge on any atom is 0.573 e. The van der Waals surface area contributed by atoms with E-state index in [0.29, 0.717) is 11.8 Å². The average Bonchev–Trinajstić information content (AvgIpc) is 2.09. The Morgan fingerprint density at radius 3 is 2.60 bits per heavy atom. The monoisotopic (exact) mass is 220 g/mol. The minimum atomic E-state index is -4.86. The number of halogens is 3. The highest BCUT2D eigenvalue weighted by Gasteiger charge is 2.32. The smallest absolute Gasteiger partial charge is 0.504 e. The van der Waals surface area contributed by atoms with Crippen LogP contribution in [0.4, 0.5) is 13.2 Å². The van der Waals surface area contributed by atoms with Gasteiger partial charge in [-0.15, -0.1) is 13.2 Å². The van der Waals surface area contributed by atoms with Crippen LogP contribution < -0.4 is 4.74 Å². The van der Waals surface area contributed by atoms with Crippen molar-refractivity contribution in [2.45, 2.75) is 12.8 Å². The molecule has 0 radical (unpaired) electrons. The lowest BCUT2D eigenvalue weighted by atomic mass is 10.1. The number of phenolic OH excluding ortho intramolecular Hbond substituents is 1. The van der Waals surface area contributed by atoms with Gasteiger partial charge in [0.05, 0.1) is 0 Å². The second kappa shape index (κ2) is 4.20. The Labute approximate surface area is 83.1 Å². The summed E-state index contributed by atoms with van der Waals surface area (Å²) in [7, 11) is 0. The molecule has 0 aromatic heterocycles. The van der Waals surface area contributed by atoms with E-state index in [4.69, 9.17) is 5.11 Å². The van der Waals surface area contributed by atoms with Crippen molar-refractivity contribution in [3.63, 3.8) is 0 Å². The second-order valence-corrected chi connectivity index (χ2v) is 2.72. The fraction of sp³-hybridized carbons (Fsp3) is 0.222. The third-order valence-electron chi connectivity index (χ3n) is 1.57. The topological polar surface area (TPSA) is 46.5 Å². The highest BCUT2D eigenvalue weighted by molar-refractivity contribution is 5.56. The van der Waals surface area contributed by atoms with E-state index in [0.717, 1.165) is 12.1 Å². The molecule has 6 heteroatoms. The van der Waals surface area contributed by atoms with Gasteiger partial charge in [0.2, 0.25) is 0 Å². The van der Waals surface area contributed by atoms with E-state index in [-0.39, 0.29) is 6.42 Å². The summed E-state index contributed by atoms with van der Waals surface area (Å²) in [6.07, 6.45) is -4.35. The standard InChI is InChI=1S/C9H7F3O3/c10-9(11,12)15-8-5-6(3-4-13)1-2-7(8)14/h1-2,4-5,14H,3H2. The van der Waals surface area contributed by atoms with Crippen LogP contribution in [0, 0.1) is 0 Å². The summed E-state index contributed by atoms with van der Waals surface area (Å²) in [5, 5.41) is 9.05. The summed E-state index contributed by atoms with van der Waals surface area (Å²) >= 11 is 0. The Bertz CT molecular complexity index is 360. The van der Waals surface area contributed by atoms with Crippen molar-refractivity contribution in [3.05, 3.63) is 23.8 Å². The van der Waals surface area contributed by atoms with Crippen molar-refractivity contribution in [2.75, 3.05) is 0 Å². The third kappa shape index (κ3) is 3.49. The van der Waals surface area contributed by atoms with Gasteiger partial charge in [-0.2, -0.15) is 0 Å². The van der Waals surface area contributed by atoms with Crippen molar-refractivity contribution in [1.82, 2.24) is 0 Å². The summed E-state index contributed by atoms with van der Waals surface area (Å²) in [4.78, 5) is 10.1. The van der Waals surface area contributed by atoms with Gasteiger partial charge in [0.25, 0.3) is 0 Å². The highest BCUT2D eigenvalue weighted by Crippen LogP contribution is 2.31. The number of phenols is 1. The molecule has 15 heavy (non-hydrogen) atoms. The predicted molar refractivity (Wildman–Crippen MR) is 44.6 cm³/mol. The zero-order valence-corrected chi connectivity index (χ0v) is 7.41. The second-order valence-electron chi connectivity index (χ2n) is 2.72. The number of alkyl halides is 3. The minimum Gasteiger partial charge on any atom is -0.504 e. The first-order valence-corrected chi connectivity index (χ1v) is 3.93. The van der Waals surface area contributed by atoms with E-state index >= 15 is 0 Å². The predicted octanol–water partition coefficient (Wildman–Crippen LogP) is 2.03. The van der Waals surface area contributed by atoms with E-state index < -0.39 is 17.9 Å². The summed E-state index contributed by atoms with van der Waals surface area (Å²) in [5.41, 5.74) is 0.335. The number of aromatic hydroxyl groups is 1. The number of benzene rings is 1. The molecule has 0 heterocycles. The average molecular weight is 220 g/mol. The number of hydrogen-bond donors (Lipinski definition) is 1. The zero-order chi connectivity index (χ0) is 11.5. The fourth-order valence-electron chi connectivity index (χ4n) is 0.988. The van der Waals surface area contributed by atoms with Crippen LogP contribution in [0.5, 0.6) is 11.5 Å². The van der Waals surface area contributed by atoms with E-state index in [9.17, 15) is 18.0 Å². The first kappa shape index (κ1) is 11.4. The quantitative estimate of drug-likeness (QED) is 0.793. The van der Waals surface area contributed by atoms with Crippen LogP contribution >= 0.6 is 0 Å². The maximum absolute atomic E-state index is 11.8. The molecule has 0 saturated heterocycles. The molecule has 0 aliphatic rings. The largest absolute Gasteiger partial charge is 0.573 e. The van der Waals surface area contributed by atoms with Crippen molar-refractivity contribution >= 4 is 6.29 Å². The number of carbonyl (C=O) groups excluding carboxylic acids is 1. The molecule has 0 amide bonds. The highest BCUT2D eigenvalue weighted by atomic mass is 19.4. The molecule has 1 rings (SSSR count). The van der Waals surface area contributed by atoms with Crippen molar-refractivity contribution < 1.29 is 27.8 Å². The summed E-state index contributed by atoms with van der Waals surface area (Å²) in [6.45, 7) is 0. The van der Waals surface area contributed by atoms with E-state index in [1.54, 1.807) is 0 Å². The van der Waals surface area contributed by atoms with Gasteiger partial charge in [-0.25, -0.2) is 0 Å². The van der Waals surface area contributed by atoms with E-state index in [2.05, 4.69) is 4.74 Å². The van der Waals surface area contributed by atoms with Crippen molar-refractivity contribution in [2.24, 2.45) is 0 Å². The molecule has 0 aliphatic heterocycles. The minimum absolute atomic E-state index is 0.0332. The van der Waals surface area contributed by atoms with E-state index in [1.165, 1.54) is 6.07 Å². The van der Waals surface area contributed by atoms with Crippen molar-refractivity contribution in [3.8, 4) is 11.5 Å². The molecule has 0 unspecified atom stereocenters. The van der Waals surface area contributed by atoms with Crippen LogP contribution in [0.15, 0.2) is 18.2 Å². The lowest BCUT2D eigenvalue weighted by Crippen LogP contribution is -2.17. The van der Waals surface area contributed by atoms with Crippen molar-refractivity contribution in [1.29, 1.82) is 0 Å². The molecule has 82 valence electrons. The molecule has 3 nitrogen and oxygen atoms in total. The van der Waals surface area contributed by atoms with Crippen LogP contribution in [0.2, 0.25) is 0 Å². The Morgan fingerprint density at radius 1 is 1.40 bits per heavy atom. The zero-order valence-electron chi connectivity index (χ0n) is 7.41. The molecule has 0 spiro atoms. The van der Waals surface area contributed by atoms with Gasteiger partial charge >= 0.3 is 6.36 Å². The molecule has 0 aliphatic carbocycles. The number of ether oxygens (including phenoxy) is 1. The van der Waals surface area contributed by atoms with Gasteiger partial charge in [-0.3, -0.25) is 0 Å². The van der Waals surface area contributed by atoms with Crippen LogP contribution in [-0.2, 0) is 11.2 Å². The lowest BCUT2D eigenvalue weighted by Gasteiger charge is -2.10. The summed E-state index contributed by atoms with van der Waals surface area (Å²) in [5.74, 6) is -1.33.